The van der Waals surface area contributed by atoms with Crippen molar-refractivity contribution in [1.29, 1.82) is 0 Å². The molecule has 0 bridgehead atoms. The van der Waals surface area contributed by atoms with Crippen molar-refractivity contribution in [1.82, 2.24) is 10.1 Å². The van der Waals surface area contributed by atoms with Crippen LogP contribution >= 0.6 is 0 Å². The lowest BCUT2D eigenvalue weighted by Gasteiger charge is -2.17. The maximum atomic E-state index is 10.6. The second kappa shape index (κ2) is 5.12. The van der Waals surface area contributed by atoms with Crippen LogP contribution in [-0.2, 0) is 11.2 Å². The summed E-state index contributed by atoms with van der Waals surface area (Å²) < 4.78 is 5.05. The molecule has 5 heteroatoms. The number of hydrogen-bond donors (Lipinski definition) is 1. The lowest BCUT2D eigenvalue weighted by molar-refractivity contribution is -0.132. The van der Waals surface area contributed by atoms with Crippen molar-refractivity contribution in [2.45, 2.75) is 44.4 Å². The van der Waals surface area contributed by atoms with Gasteiger partial charge in [-0.2, -0.15) is 4.98 Å². The molecule has 1 aliphatic rings. The monoisotopic (exact) mass is 236 g/mol. The Balaban J connectivity index is 2.00. The molecule has 0 unspecified atom stereocenters. The molecular formula is C12H16N2O3. The minimum atomic E-state index is -1.03. The van der Waals surface area contributed by atoms with E-state index in [-0.39, 0.29) is 12.0 Å². The van der Waals surface area contributed by atoms with Crippen LogP contribution in [0.1, 0.15) is 49.7 Å². The summed E-state index contributed by atoms with van der Waals surface area (Å²) in [7, 11) is 0. The lowest BCUT2D eigenvalue weighted by atomic mass is 9.89. The van der Waals surface area contributed by atoms with Crippen molar-refractivity contribution >= 4 is 5.97 Å². The van der Waals surface area contributed by atoms with Crippen molar-refractivity contribution in [3.8, 4) is 0 Å². The minimum Gasteiger partial charge on any atom is -0.478 e. The number of carbonyl (C=O) groups is 1. The Labute approximate surface area is 99.5 Å². The molecule has 0 saturated heterocycles. The predicted molar refractivity (Wildman–Crippen MR) is 60.6 cm³/mol. The van der Waals surface area contributed by atoms with E-state index in [1.165, 1.54) is 19.3 Å². The Hall–Kier alpha value is -1.65. The van der Waals surface area contributed by atoms with E-state index < -0.39 is 5.97 Å². The molecule has 0 atom stereocenters. The molecule has 1 heterocycles. The van der Waals surface area contributed by atoms with Crippen LogP contribution in [0.3, 0.4) is 0 Å². The highest BCUT2D eigenvalue weighted by molar-refractivity contribution is 5.86. The van der Waals surface area contributed by atoms with Gasteiger partial charge in [-0.25, -0.2) is 4.79 Å². The second-order valence-corrected chi connectivity index (χ2v) is 4.47. The van der Waals surface area contributed by atoms with Crippen molar-refractivity contribution in [2.75, 3.05) is 0 Å². The molecule has 0 radical (unpaired) electrons. The van der Waals surface area contributed by atoms with Crippen LogP contribution in [0.25, 0.3) is 0 Å². The van der Waals surface area contributed by atoms with Crippen LogP contribution in [0.4, 0.5) is 0 Å². The molecule has 1 saturated carbocycles. The highest BCUT2D eigenvalue weighted by atomic mass is 16.5. The highest BCUT2D eigenvalue weighted by Gasteiger charge is 2.21. The summed E-state index contributed by atoms with van der Waals surface area (Å²) in [5.41, 5.74) is 0.0730. The van der Waals surface area contributed by atoms with Crippen molar-refractivity contribution in [2.24, 2.45) is 0 Å². The van der Waals surface area contributed by atoms with Crippen LogP contribution in [0.15, 0.2) is 16.7 Å². The first-order chi connectivity index (χ1) is 8.16. The fraction of sp³-hybridized carbons (Fsp3) is 0.583. The molecule has 5 nitrogen and oxygen atoms in total. The van der Waals surface area contributed by atoms with Gasteiger partial charge in [0.05, 0.1) is 6.42 Å². The van der Waals surface area contributed by atoms with Gasteiger partial charge in [0.25, 0.3) is 0 Å². The molecule has 0 spiro atoms. The van der Waals surface area contributed by atoms with E-state index in [0.717, 1.165) is 18.7 Å². The Kier molecular flexibility index (Phi) is 3.56. The maximum absolute atomic E-state index is 10.6. The number of carboxylic acid groups (broad SMARTS) is 1. The van der Waals surface area contributed by atoms with E-state index in [2.05, 4.69) is 16.7 Å². The van der Waals surface area contributed by atoms with Gasteiger partial charge in [0.1, 0.15) is 0 Å². The summed E-state index contributed by atoms with van der Waals surface area (Å²) in [6.07, 6.45) is 6.00. The van der Waals surface area contributed by atoms with E-state index in [4.69, 9.17) is 9.63 Å². The van der Waals surface area contributed by atoms with Gasteiger partial charge < -0.3 is 9.63 Å². The molecule has 1 fully saturated rings. The third kappa shape index (κ3) is 2.93. The molecule has 0 aliphatic heterocycles. The molecule has 2 rings (SSSR count). The average molecular weight is 236 g/mol. The van der Waals surface area contributed by atoms with Gasteiger partial charge in [-0.15, -0.1) is 0 Å². The van der Waals surface area contributed by atoms with E-state index in [9.17, 15) is 4.79 Å². The number of aliphatic carboxylic acids is 1. The minimum absolute atomic E-state index is 0.0730. The van der Waals surface area contributed by atoms with Gasteiger partial charge in [0.15, 0.2) is 5.82 Å². The van der Waals surface area contributed by atoms with Gasteiger partial charge in [-0.05, 0) is 12.8 Å². The summed E-state index contributed by atoms with van der Waals surface area (Å²) in [4.78, 5) is 14.9. The molecule has 92 valence electrons. The molecule has 1 aliphatic carbocycles. The molecule has 0 aromatic carbocycles. The topological polar surface area (TPSA) is 76.2 Å². The molecule has 17 heavy (non-hydrogen) atoms. The average Bonchev–Trinajstić information content (AvgIpc) is 2.78. The molecule has 0 amide bonds. The lowest BCUT2D eigenvalue weighted by Crippen LogP contribution is -2.06. The van der Waals surface area contributed by atoms with Gasteiger partial charge in [0, 0.05) is 11.5 Å². The maximum Gasteiger partial charge on any atom is 0.331 e. The van der Waals surface area contributed by atoms with Gasteiger partial charge in [0.2, 0.25) is 5.89 Å². The summed E-state index contributed by atoms with van der Waals surface area (Å²) in [6.45, 7) is 3.44. The van der Waals surface area contributed by atoms with Crippen molar-refractivity contribution in [3.63, 3.8) is 0 Å². The predicted octanol–water partition coefficient (Wildman–Crippen LogP) is 2.30. The molecule has 1 N–H and O–H groups in total. The first-order valence-electron chi connectivity index (χ1n) is 5.90. The van der Waals surface area contributed by atoms with Crippen molar-refractivity contribution < 1.29 is 14.4 Å². The summed E-state index contributed by atoms with van der Waals surface area (Å²) in [5.74, 6) is 0.414. The largest absolute Gasteiger partial charge is 0.478 e. The van der Waals surface area contributed by atoms with E-state index >= 15 is 0 Å². The van der Waals surface area contributed by atoms with Gasteiger partial charge in [-0.1, -0.05) is 31.0 Å². The zero-order chi connectivity index (χ0) is 12.3. The first kappa shape index (κ1) is 11.8. The molecular weight excluding hydrogens is 220 g/mol. The van der Waals surface area contributed by atoms with Crippen LogP contribution in [-0.4, -0.2) is 21.2 Å². The number of carboxylic acids is 1. The normalized spacial score (nSPS) is 16.9. The standard InChI is InChI=1S/C12H16N2O3/c1-8(12(15)16)7-10-13-11(14-17-10)9-5-3-2-4-6-9/h9H,1-7H2,(H,15,16). The van der Waals surface area contributed by atoms with Gasteiger partial charge in [-0.3, -0.25) is 0 Å². The fourth-order valence-corrected chi connectivity index (χ4v) is 2.12. The fourth-order valence-electron chi connectivity index (χ4n) is 2.12. The Morgan fingerprint density at radius 2 is 2.12 bits per heavy atom. The van der Waals surface area contributed by atoms with Crippen LogP contribution < -0.4 is 0 Å². The zero-order valence-electron chi connectivity index (χ0n) is 9.69. The van der Waals surface area contributed by atoms with Crippen LogP contribution in [0.5, 0.6) is 0 Å². The number of hydrogen-bond acceptors (Lipinski definition) is 4. The summed E-state index contributed by atoms with van der Waals surface area (Å²) >= 11 is 0. The third-order valence-corrected chi connectivity index (χ3v) is 3.12. The second-order valence-electron chi connectivity index (χ2n) is 4.47. The Morgan fingerprint density at radius 3 is 2.76 bits per heavy atom. The summed E-state index contributed by atoms with van der Waals surface area (Å²) in [5, 5.41) is 12.6. The number of rotatable bonds is 4. The van der Waals surface area contributed by atoms with Crippen molar-refractivity contribution in [3.05, 3.63) is 23.9 Å². The Morgan fingerprint density at radius 1 is 1.41 bits per heavy atom. The Bertz CT molecular complexity index is 419. The van der Waals surface area contributed by atoms with E-state index in [0.29, 0.717) is 11.8 Å². The van der Waals surface area contributed by atoms with Gasteiger partial charge >= 0.3 is 5.97 Å². The van der Waals surface area contributed by atoms with E-state index in [1.807, 2.05) is 0 Å². The number of aromatic nitrogens is 2. The quantitative estimate of drug-likeness (QED) is 0.812. The van der Waals surface area contributed by atoms with E-state index in [1.54, 1.807) is 0 Å². The smallest absolute Gasteiger partial charge is 0.331 e. The zero-order valence-corrected chi connectivity index (χ0v) is 9.69. The molecule has 1 aromatic heterocycles. The SMILES string of the molecule is C=C(Cc1nc(C2CCCCC2)no1)C(=O)O. The molecule has 1 aromatic rings. The third-order valence-electron chi connectivity index (χ3n) is 3.12. The van der Waals surface area contributed by atoms with Crippen LogP contribution in [0.2, 0.25) is 0 Å². The summed E-state index contributed by atoms with van der Waals surface area (Å²) in [6, 6.07) is 0. The van der Waals surface area contributed by atoms with Crippen LogP contribution in [0, 0.1) is 0 Å². The first-order valence-corrected chi connectivity index (χ1v) is 5.90. The highest BCUT2D eigenvalue weighted by Crippen LogP contribution is 2.30. The number of nitrogens with zero attached hydrogens (tertiary/aromatic N) is 2.